The van der Waals surface area contributed by atoms with Crippen molar-refractivity contribution in [2.45, 2.75) is 58.1 Å². The van der Waals surface area contributed by atoms with Gasteiger partial charge in [0, 0.05) is 32.4 Å². The van der Waals surface area contributed by atoms with Crippen molar-refractivity contribution in [1.82, 2.24) is 0 Å². The third-order valence-electron chi connectivity index (χ3n) is 8.84. The normalized spacial score (nSPS) is 10.6. The molecule has 9 heteroatoms. The molecule has 0 heterocycles. The van der Waals surface area contributed by atoms with E-state index in [4.69, 9.17) is 20.0 Å². The molecule has 0 amide bonds. The highest BCUT2D eigenvalue weighted by molar-refractivity contribution is 8.14. The summed E-state index contributed by atoms with van der Waals surface area (Å²) in [5.41, 5.74) is 5.51. The summed E-state index contributed by atoms with van der Waals surface area (Å²) in [5, 5.41) is 18.3. The van der Waals surface area contributed by atoms with Crippen molar-refractivity contribution in [2.24, 2.45) is 0 Å². The third kappa shape index (κ3) is 13.2. The Morgan fingerprint density at radius 3 is 1.07 bits per heavy atom. The lowest BCUT2D eigenvalue weighted by Gasteiger charge is -2.08. The molecule has 0 aromatic heterocycles. The number of unbranched alkanes of at least 4 members (excludes halogenated alkanes) is 2. The van der Waals surface area contributed by atoms with Gasteiger partial charge in [-0.25, -0.2) is 0 Å². The van der Waals surface area contributed by atoms with E-state index < -0.39 is 0 Å². The molecule has 0 N–H and O–H groups in total. The number of nitriles is 2. The predicted molar refractivity (Wildman–Crippen MR) is 231 cm³/mol. The van der Waals surface area contributed by atoms with Crippen molar-refractivity contribution in [1.29, 1.82) is 10.5 Å². The van der Waals surface area contributed by atoms with Crippen LogP contribution in [-0.4, -0.2) is 23.4 Å². The Morgan fingerprint density at radius 1 is 0.421 bits per heavy atom. The van der Waals surface area contributed by atoms with E-state index in [2.05, 4.69) is 12.1 Å². The monoisotopic (exact) mass is 804 g/mol. The minimum absolute atomic E-state index is 0.140. The fourth-order valence-electron chi connectivity index (χ4n) is 5.74. The van der Waals surface area contributed by atoms with Gasteiger partial charge in [-0.05, 0) is 145 Å². The summed E-state index contributed by atoms with van der Waals surface area (Å²) in [7, 11) is 0. The molecule has 0 fully saturated rings. The molecule has 0 saturated heterocycles. The van der Waals surface area contributed by atoms with E-state index in [0.29, 0.717) is 37.2 Å². The summed E-state index contributed by atoms with van der Waals surface area (Å²) in [6.45, 7) is 1.10. The number of nitrogens with zero attached hydrogens (tertiary/aromatic N) is 2. The molecule has 0 aliphatic rings. The Hall–Kier alpha value is -5.71. The zero-order chi connectivity index (χ0) is 39.7. The molecule has 0 spiro atoms. The van der Waals surface area contributed by atoms with Gasteiger partial charge in [-0.3, -0.25) is 9.59 Å². The number of hydrogen-bond donors (Lipinski definition) is 0. The standard InChI is InChI=1S/C48H40N2O4S3/c49-33-35-7-11-37(12-8-35)39-15-19-41(20-16-39)53-31-3-1-5-47(51)56-45-27-23-43(24-28-45)55-44-25-29-46(30-26-44)57-48(52)6-2-4-32-54-42-21-17-40(18-22-42)38-13-9-36(34-50)10-14-38/h7-30H,1-6,31-32H2. The topological polar surface area (TPSA) is 100 Å². The van der Waals surface area contributed by atoms with Crippen LogP contribution in [0.4, 0.5) is 0 Å². The maximum atomic E-state index is 12.6. The summed E-state index contributed by atoms with van der Waals surface area (Å²) >= 11 is 4.19. The van der Waals surface area contributed by atoms with E-state index in [0.717, 1.165) is 79.0 Å². The summed E-state index contributed by atoms with van der Waals surface area (Å²) in [5.74, 6) is 1.59. The van der Waals surface area contributed by atoms with Crippen molar-refractivity contribution in [2.75, 3.05) is 13.2 Å². The van der Waals surface area contributed by atoms with E-state index in [1.807, 2.05) is 146 Å². The Labute approximate surface area is 347 Å². The average molecular weight is 805 g/mol. The Balaban J connectivity index is 0.819. The number of ether oxygens (including phenoxy) is 2. The molecule has 0 aliphatic heterocycles. The number of rotatable bonds is 18. The first kappa shape index (κ1) is 40.9. The van der Waals surface area contributed by atoms with Crippen molar-refractivity contribution >= 4 is 45.5 Å². The summed E-state index contributed by atoms with van der Waals surface area (Å²) in [6.07, 6.45) is 4.08. The van der Waals surface area contributed by atoms with Crippen molar-refractivity contribution in [3.63, 3.8) is 0 Å². The van der Waals surface area contributed by atoms with Crippen LogP contribution in [-0.2, 0) is 9.59 Å². The molecule has 57 heavy (non-hydrogen) atoms. The zero-order valence-corrected chi connectivity index (χ0v) is 33.7. The minimum Gasteiger partial charge on any atom is -0.494 e. The molecule has 0 unspecified atom stereocenters. The summed E-state index contributed by atoms with van der Waals surface area (Å²) in [4.78, 5) is 29.2. The van der Waals surface area contributed by atoms with Crippen molar-refractivity contribution in [3.8, 4) is 45.9 Å². The smallest absolute Gasteiger partial charge is 0.193 e. The van der Waals surface area contributed by atoms with Crippen molar-refractivity contribution in [3.05, 3.63) is 157 Å². The van der Waals surface area contributed by atoms with Gasteiger partial charge in [0.1, 0.15) is 11.5 Å². The molecule has 0 aliphatic carbocycles. The minimum atomic E-state index is 0.140. The predicted octanol–water partition coefficient (Wildman–Crippen LogP) is 12.7. The van der Waals surface area contributed by atoms with Gasteiger partial charge in [-0.1, -0.05) is 83.8 Å². The maximum Gasteiger partial charge on any atom is 0.193 e. The first-order valence-corrected chi connectivity index (χ1v) is 21.2. The SMILES string of the molecule is N#Cc1ccc(-c2ccc(OCCCCC(=O)Sc3ccc(Sc4ccc(SC(=O)CCCCOc5ccc(-c6ccc(C#N)cc6)cc5)cc4)cc3)cc2)cc1. The first-order valence-electron chi connectivity index (χ1n) is 18.7. The molecule has 6 aromatic carbocycles. The second kappa shape index (κ2) is 21.6. The van der Waals surface area contributed by atoms with Gasteiger partial charge in [0.25, 0.3) is 0 Å². The first-order chi connectivity index (χ1) is 27.9. The molecule has 0 radical (unpaired) electrons. The highest BCUT2D eigenvalue weighted by Crippen LogP contribution is 2.32. The maximum absolute atomic E-state index is 12.6. The Kier molecular flexibility index (Phi) is 15.5. The quantitative estimate of drug-likeness (QED) is 0.0621. The fraction of sp³-hybridized carbons (Fsp3) is 0.167. The second-order valence-electron chi connectivity index (χ2n) is 13.0. The molecule has 0 bridgehead atoms. The van der Waals surface area contributed by atoms with E-state index in [-0.39, 0.29) is 10.2 Å². The van der Waals surface area contributed by atoms with Crippen LogP contribution in [0.1, 0.15) is 49.7 Å². The van der Waals surface area contributed by atoms with Gasteiger partial charge in [0.05, 0.1) is 36.5 Å². The molecular weight excluding hydrogens is 765 g/mol. The molecule has 6 aromatic rings. The Bertz CT molecular complexity index is 2130. The number of carbonyl (C=O) groups is 2. The van der Waals surface area contributed by atoms with Crippen LogP contribution in [0.25, 0.3) is 22.3 Å². The molecule has 6 nitrogen and oxygen atoms in total. The van der Waals surface area contributed by atoms with Gasteiger partial charge in [0.15, 0.2) is 10.2 Å². The average Bonchev–Trinajstić information content (AvgIpc) is 3.25. The van der Waals surface area contributed by atoms with Gasteiger partial charge >= 0.3 is 0 Å². The molecule has 0 atom stereocenters. The second-order valence-corrected chi connectivity index (χ2v) is 16.4. The number of thioether (sulfide) groups is 2. The zero-order valence-electron chi connectivity index (χ0n) is 31.3. The van der Waals surface area contributed by atoms with E-state index in [9.17, 15) is 9.59 Å². The van der Waals surface area contributed by atoms with Crippen LogP contribution in [0, 0.1) is 22.7 Å². The number of carbonyl (C=O) groups excluding carboxylic acids is 2. The lowest BCUT2D eigenvalue weighted by molar-refractivity contribution is -0.111. The van der Waals surface area contributed by atoms with Crippen molar-refractivity contribution < 1.29 is 19.1 Å². The summed E-state index contributed by atoms with van der Waals surface area (Å²) < 4.78 is 11.8. The van der Waals surface area contributed by atoms with Crippen LogP contribution in [0.3, 0.4) is 0 Å². The van der Waals surface area contributed by atoms with E-state index in [1.54, 1.807) is 11.8 Å². The van der Waals surface area contributed by atoms with E-state index >= 15 is 0 Å². The van der Waals surface area contributed by atoms with Gasteiger partial charge in [-0.2, -0.15) is 10.5 Å². The van der Waals surface area contributed by atoms with Gasteiger partial charge < -0.3 is 9.47 Å². The highest BCUT2D eigenvalue weighted by atomic mass is 32.2. The highest BCUT2D eigenvalue weighted by Gasteiger charge is 2.09. The molecule has 6 rings (SSSR count). The van der Waals surface area contributed by atoms with Crippen LogP contribution in [0.15, 0.2) is 165 Å². The lowest BCUT2D eigenvalue weighted by Crippen LogP contribution is -1.99. The molecular formula is C48H40N2O4S3. The van der Waals surface area contributed by atoms with Gasteiger partial charge in [-0.15, -0.1) is 0 Å². The van der Waals surface area contributed by atoms with Crippen LogP contribution in [0.2, 0.25) is 0 Å². The number of hydrogen-bond acceptors (Lipinski definition) is 9. The molecule has 284 valence electrons. The van der Waals surface area contributed by atoms with Crippen LogP contribution in [0.5, 0.6) is 11.5 Å². The van der Waals surface area contributed by atoms with Crippen LogP contribution >= 0.6 is 35.3 Å². The van der Waals surface area contributed by atoms with Crippen LogP contribution < -0.4 is 9.47 Å². The largest absolute Gasteiger partial charge is 0.494 e. The fourth-order valence-corrected chi connectivity index (χ4v) is 8.12. The Morgan fingerprint density at radius 2 is 0.737 bits per heavy atom. The van der Waals surface area contributed by atoms with Gasteiger partial charge in [0.2, 0.25) is 0 Å². The van der Waals surface area contributed by atoms with E-state index in [1.165, 1.54) is 23.5 Å². The number of benzene rings is 6. The third-order valence-corrected chi connectivity index (χ3v) is 11.7. The lowest BCUT2D eigenvalue weighted by atomic mass is 10.0. The summed E-state index contributed by atoms with van der Waals surface area (Å²) in [6, 6.07) is 51.1. The molecule has 0 saturated carbocycles.